The minimum Gasteiger partial charge on any atom is -0.361 e. The van der Waals surface area contributed by atoms with Crippen molar-refractivity contribution in [2.45, 2.75) is 19.4 Å². The van der Waals surface area contributed by atoms with E-state index < -0.39 is 5.54 Å². The molecule has 1 heterocycles. The second kappa shape index (κ2) is 3.37. The summed E-state index contributed by atoms with van der Waals surface area (Å²) in [6.07, 6.45) is 3.51. The lowest BCUT2D eigenvalue weighted by atomic mass is 9.93. The van der Waals surface area contributed by atoms with Crippen LogP contribution in [0.25, 0.3) is 10.9 Å². The number of nitrogens with one attached hydrogen (secondary N) is 1. The lowest BCUT2D eigenvalue weighted by Gasteiger charge is -2.18. The van der Waals surface area contributed by atoms with Gasteiger partial charge >= 0.3 is 0 Å². The first-order chi connectivity index (χ1) is 7.15. The summed E-state index contributed by atoms with van der Waals surface area (Å²) in [6, 6.07) is 7.96. The molecule has 0 aliphatic carbocycles. The summed E-state index contributed by atoms with van der Waals surface area (Å²) in [5, 5.41) is 1.13. The molecule has 0 fully saturated rings. The number of aromatic amines is 1. The van der Waals surface area contributed by atoms with Crippen molar-refractivity contribution >= 4 is 17.0 Å². The third kappa shape index (κ3) is 1.58. The van der Waals surface area contributed by atoms with Crippen molar-refractivity contribution in [3.05, 3.63) is 36.0 Å². The fraction of sp³-hybridized carbons (Fsp3) is 0.250. The molecule has 2 aromatic rings. The van der Waals surface area contributed by atoms with Crippen LogP contribution < -0.4 is 0 Å². The zero-order valence-electron chi connectivity index (χ0n) is 8.74. The van der Waals surface area contributed by atoms with Crippen LogP contribution in [-0.2, 0) is 10.3 Å². The molecule has 0 aliphatic rings. The van der Waals surface area contributed by atoms with Crippen molar-refractivity contribution in [1.29, 1.82) is 0 Å². The van der Waals surface area contributed by atoms with Crippen LogP contribution in [-0.4, -0.2) is 11.1 Å². The SMILES string of the molecule is CC(C)(N=C=O)c1cccc2cc[nH]c12. The second-order valence-electron chi connectivity index (χ2n) is 4.01. The Balaban J connectivity index is 2.70. The molecule has 3 heteroatoms. The standard InChI is InChI=1S/C12H12N2O/c1-12(2,14-8-15)10-5-3-4-9-6-7-13-11(9)10/h3-7,13H,1-2H3. The van der Waals surface area contributed by atoms with Gasteiger partial charge in [-0.15, -0.1) is 0 Å². The van der Waals surface area contributed by atoms with Crippen molar-refractivity contribution in [3.63, 3.8) is 0 Å². The Morgan fingerprint density at radius 3 is 2.87 bits per heavy atom. The van der Waals surface area contributed by atoms with E-state index in [1.54, 1.807) is 6.08 Å². The molecule has 0 radical (unpaired) electrons. The molecule has 0 spiro atoms. The fourth-order valence-electron chi connectivity index (χ4n) is 1.77. The topological polar surface area (TPSA) is 45.2 Å². The minimum absolute atomic E-state index is 0.536. The molecule has 0 atom stereocenters. The number of aliphatic imine (C=N–C) groups is 1. The molecular formula is C12H12N2O. The van der Waals surface area contributed by atoms with Gasteiger partial charge in [-0.1, -0.05) is 18.2 Å². The smallest absolute Gasteiger partial charge is 0.235 e. The van der Waals surface area contributed by atoms with Gasteiger partial charge in [-0.05, 0) is 25.3 Å². The van der Waals surface area contributed by atoms with Gasteiger partial charge in [-0.2, -0.15) is 4.99 Å². The third-order valence-electron chi connectivity index (χ3n) is 2.57. The van der Waals surface area contributed by atoms with Gasteiger partial charge in [0.2, 0.25) is 6.08 Å². The van der Waals surface area contributed by atoms with E-state index in [0.717, 1.165) is 16.5 Å². The van der Waals surface area contributed by atoms with Gasteiger partial charge in [-0.3, -0.25) is 0 Å². The summed E-state index contributed by atoms with van der Waals surface area (Å²) in [4.78, 5) is 17.4. The molecule has 76 valence electrons. The number of rotatable bonds is 2. The van der Waals surface area contributed by atoms with Crippen molar-refractivity contribution in [2.75, 3.05) is 0 Å². The van der Waals surface area contributed by atoms with Crippen LogP contribution in [0.1, 0.15) is 19.4 Å². The van der Waals surface area contributed by atoms with Crippen LogP contribution >= 0.6 is 0 Å². The van der Waals surface area contributed by atoms with Crippen molar-refractivity contribution in [2.24, 2.45) is 4.99 Å². The van der Waals surface area contributed by atoms with Gasteiger partial charge in [0.25, 0.3) is 0 Å². The number of para-hydroxylation sites is 1. The van der Waals surface area contributed by atoms with E-state index in [9.17, 15) is 4.79 Å². The molecule has 1 aromatic carbocycles. The zero-order chi connectivity index (χ0) is 10.9. The predicted molar refractivity (Wildman–Crippen MR) is 59.4 cm³/mol. The van der Waals surface area contributed by atoms with Crippen LogP contribution in [0.2, 0.25) is 0 Å². The first kappa shape index (κ1) is 9.69. The molecule has 1 aromatic heterocycles. The first-order valence-electron chi connectivity index (χ1n) is 4.81. The van der Waals surface area contributed by atoms with Gasteiger partial charge in [0.05, 0.1) is 11.1 Å². The summed E-state index contributed by atoms with van der Waals surface area (Å²) < 4.78 is 0. The first-order valence-corrected chi connectivity index (χ1v) is 4.81. The molecule has 0 saturated carbocycles. The zero-order valence-corrected chi connectivity index (χ0v) is 8.74. The van der Waals surface area contributed by atoms with Crippen LogP contribution in [0.5, 0.6) is 0 Å². The number of carbonyl (C=O) groups excluding carboxylic acids is 1. The molecule has 0 bridgehead atoms. The number of isocyanates is 1. The van der Waals surface area contributed by atoms with E-state index >= 15 is 0 Å². The Bertz CT molecular complexity index is 533. The van der Waals surface area contributed by atoms with Gasteiger partial charge in [-0.25, -0.2) is 4.79 Å². The summed E-state index contributed by atoms with van der Waals surface area (Å²) in [6.45, 7) is 3.79. The number of fused-ring (bicyclic) bond motifs is 1. The number of nitrogens with zero attached hydrogens (tertiary/aromatic N) is 1. The molecule has 1 N–H and O–H groups in total. The maximum atomic E-state index is 10.4. The Hall–Kier alpha value is -1.86. The van der Waals surface area contributed by atoms with E-state index in [-0.39, 0.29) is 0 Å². The van der Waals surface area contributed by atoms with E-state index in [1.165, 1.54) is 0 Å². The highest BCUT2D eigenvalue weighted by Crippen LogP contribution is 2.30. The summed E-state index contributed by atoms with van der Waals surface area (Å²) in [5.74, 6) is 0. The highest BCUT2D eigenvalue weighted by Gasteiger charge is 2.22. The monoisotopic (exact) mass is 200 g/mol. The van der Waals surface area contributed by atoms with E-state index in [4.69, 9.17) is 0 Å². The fourth-order valence-corrected chi connectivity index (χ4v) is 1.77. The molecular weight excluding hydrogens is 188 g/mol. The number of hydrogen-bond donors (Lipinski definition) is 1. The summed E-state index contributed by atoms with van der Waals surface area (Å²) in [7, 11) is 0. The maximum absolute atomic E-state index is 10.4. The van der Waals surface area contributed by atoms with E-state index in [1.807, 2.05) is 44.3 Å². The lowest BCUT2D eigenvalue weighted by Crippen LogP contribution is -2.13. The van der Waals surface area contributed by atoms with Crippen molar-refractivity contribution in [1.82, 2.24) is 4.98 Å². The van der Waals surface area contributed by atoms with Crippen LogP contribution in [0, 0.1) is 0 Å². The van der Waals surface area contributed by atoms with Crippen LogP contribution in [0.15, 0.2) is 35.5 Å². The number of benzene rings is 1. The van der Waals surface area contributed by atoms with E-state index in [0.29, 0.717) is 0 Å². The Labute approximate surface area is 87.8 Å². The number of aromatic nitrogens is 1. The number of H-pyrrole nitrogens is 1. The Morgan fingerprint density at radius 1 is 1.33 bits per heavy atom. The minimum atomic E-state index is -0.536. The van der Waals surface area contributed by atoms with Crippen LogP contribution in [0.3, 0.4) is 0 Å². The number of hydrogen-bond acceptors (Lipinski definition) is 2. The van der Waals surface area contributed by atoms with Crippen molar-refractivity contribution < 1.29 is 4.79 Å². The molecule has 0 saturated heterocycles. The van der Waals surface area contributed by atoms with Gasteiger partial charge in [0, 0.05) is 11.8 Å². The molecule has 0 unspecified atom stereocenters. The quantitative estimate of drug-likeness (QED) is 0.588. The average molecular weight is 200 g/mol. The Morgan fingerprint density at radius 2 is 2.13 bits per heavy atom. The summed E-state index contributed by atoms with van der Waals surface area (Å²) >= 11 is 0. The van der Waals surface area contributed by atoms with E-state index in [2.05, 4.69) is 9.98 Å². The average Bonchev–Trinajstić information content (AvgIpc) is 2.64. The van der Waals surface area contributed by atoms with Gasteiger partial charge < -0.3 is 4.98 Å². The predicted octanol–water partition coefficient (Wildman–Crippen LogP) is 2.74. The molecule has 2 rings (SSSR count). The highest BCUT2D eigenvalue weighted by atomic mass is 16.1. The summed E-state index contributed by atoms with van der Waals surface area (Å²) in [5.41, 5.74) is 1.50. The molecule has 0 aliphatic heterocycles. The Kier molecular flexibility index (Phi) is 2.18. The normalized spacial score (nSPS) is 11.3. The highest BCUT2D eigenvalue weighted by molar-refractivity contribution is 5.83. The largest absolute Gasteiger partial charge is 0.361 e. The molecule has 0 amide bonds. The maximum Gasteiger partial charge on any atom is 0.235 e. The van der Waals surface area contributed by atoms with Crippen LogP contribution in [0.4, 0.5) is 0 Å². The van der Waals surface area contributed by atoms with Crippen molar-refractivity contribution in [3.8, 4) is 0 Å². The molecule has 3 nitrogen and oxygen atoms in total. The third-order valence-corrected chi connectivity index (χ3v) is 2.57. The van der Waals surface area contributed by atoms with Gasteiger partial charge in [0.1, 0.15) is 0 Å². The molecule has 15 heavy (non-hydrogen) atoms. The van der Waals surface area contributed by atoms with Gasteiger partial charge in [0.15, 0.2) is 0 Å². The lowest BCUT2D eigenvalue weighted by molar-refractivity contribution is 0.525. The second-order valence-corrected chi connectivity index (χ2v) is 4.01.